The molecule has 3 aromatic carbocycles. The fourth-order valence-corrected chi connectivity index (χ4v) is 6.52. The summed E-state index contributed by atoms with van der Waals surface area (Å²) in [7, 11) is 1.99. The van der Waals surface area contributed by atoms with Gasteiger partial charge in [0, 0.05) is 18.5 Å². The molecule has 0 aromatic heterocycles. The van der Waals surface area contributed by atoms with Crippen LogP contribution in [0.3, 0.4) is 0 Å². The molecular formula is C28H25N5OS2. The van der Waals surface area contributed by atoms with Crippen molar-refractivity contribution in [2.75, 3.05) is 23.8 Å². The second kappa shape index (κ2) is 10.1. The summed E-state index contributed by atoms with van der Waals surface area (Å²) in [6, 6.07) is 23.9. The van der Waals surface area contributed by atoms with E-state index in [4.69, 9.17) is 4.99 Å². The lowest BCUT2D eigenvalue weighted by molar-refractivity contribution is -0.122. The molecule has 3 aromatic rings. The molecule has 0 bridgehead atoms. The predicted molar refractivity (Wildman–Crippen MR) is 149 cm³/mol. The minimum atomic E-state index is -0.0659. The monoisotopic (exact) mass is 511 g/mol. The number of para-hydroxylation sites is 1. The molecular weight excluding hydrogens is 486 g/mol. The Hall–Kier alpha value is -3.67. The molecule has 8 heteroatoms. The quantitative estimate of drug-likeness (QED) is 0.396. The molecule has 36 heavy (non-hydrogen) atoms. The van der Waals surface area contributed by atoms with Crippen molar-refractivity contribution in [2.24, 2.45) is 4.99 Å². The number of hydrogen-bond donors (Lipinski definition) is 1. The smallest absolute Gasteiger partial charge is 0.269 e. The average Bonchev–Trinajstić information content (AvgIpc) is 3.37. The number of nitriles is 1. The Labute approximate surface area is 219 Å². The van der Waals surface area contributed by atoms with Crippen molar-refractivity contribution in [3.63, 3.8) is 0 Å². The van der Waals surface area contributed by atoms with Crippen molar-refractivity contribution in [3.8, 4) is 6.07 Å². The number of carbonyl (C=O) groups is 1. The number of anilines is 2. The largest absolute Gasteiger partial charge is 0.384 e. The highest BCUT2D eigenvalue weighted by molar-refractivity contribution is 8.19. The Bertz CT molecular complexity index is 1460. The Morgan fingerprint density at radius 3 is 2.64 bits per heavy atom. The second-order valence-corrected chi connectivity index (χ2v) is 10.5. The van der Waals surface area contributed by atoms with Crippen LogP contribution in [0.4, 0.5) is 17.1 Å². The van der Waals surface area contributed by atoms with Gasteiger partial charge in [-0.15, -0.1) is 0 Å². The van der Waals surface area contributed by atoms with Crippen molar-refractivity contribution in [1.82, 2.24) is 4.90 Å². The first-order chi connectivity index (χ1) is 17.5. The number of carbonyl (C=O) groups excluding carboxylic acids is 1. The van der Waals surface area contributed by atoms with Gasteiger partial charge >= 0.3 is 0 Å². The molecule has 1 amide bonds. The lowest BCUT2D eigenvalue weighted by atomic mass is 10.1. The number of nitrogens with one attached hydrogen (secondary N) is 1. The first-order valence-electron chi connectivity index (χ1n) is 11.7. The van der Waals surface area contributed by atoms with E-state index < -0.39 is 0 Å². The van der Waals surface area contributed by atoms with Crippen LogP contribution in [0.1, 0.15) is 23.6 Å². The molecule has 0 aliphatic carbocycles. The molecule has 5 rings (SSSR count). The summed E-state index contributed by atoms with van der Waals surface area (Å²) in [5.41, 5.74) is 5.26. The number of aryl methyl sites for hydroxylation is 1. The zero-order valence-electron chi connectivity index (χ0n) is 20.3. The number of aliphatic imine (C=N–C) groups is 1. The lowest BCUT2D eigenvalue weighted by Crippen LogP contribution is -2.29. The average molecular weight is 512 g/mol. The fourth-order valence-electron chi connectivity index (χ4n) is 4.19. The molecule has 0 unspecified atom stereocenters. The van der Waals surface area contributed by atoms with E-state index in [-0.39, 0.29) is 5.91 Å². The molecule has 180 valence electrons. The molecule has 0 saturated carbocycles. The number of amidine groups is 1. The molecule has 1 saturated heterocycles. The molecule has 6 nitrogen and oxygen atoms in total. The molecule has 0 spiro atoms. The summed E-state index contributed by atoms with van der Waals surface area (Å²) in [6.07, 6.45) is 0. The first kappa shape index (κ1) is 24.0. The zero-order valence-corrected chi connectivity index (χ0v) is 21.9. The highest BCUT2D eigenvalue weighted by Gasteiger charge is 2.39. The van der Waals surface area contributed by atoms with Gasteiger partial charge in [0.05, 0.1) is 40.3 Å². The van der Waals surface area contributed by atoms with Gasteiger partial charge in [0.2, 0.25) is 0 Å². The van der Waals surface area contributed by atoms with Gasteiger partial charge in [-0.1, -0.05) is 53.7 Å². The van der Waals surface area contributed by atoms with Gasteiger partial charge < -0.3 is 10.2 Å². The third-order valence-corrected chi connectivity index (χ3v) is 8.36. The van der Waals surface area contributed by atoms with Gasteiger partial charge in [0.25, 0.3) is 5.91 Å². The molecule has 1 fully saturated rings. The molecule has 2 aliphatic heterocycles. The number of hydrogen-bond acceptors (Lipinski definition) is 7. The third kappa shape index (κ3) is 4.60. The lowest BCUT2D eigenvalue weighted by Gasteiger charge is -2.17. The summed E-state index contributed by atoms with van der Waals surface area (Å²) >= 11 is 3.00. The van der Waals surface area contributed by atoms with Crippen LogP contribution in [-0.4, -0.2) is 29.6 Å². The Morgan fingerprint density at radius 1 is 1.06 bits per heavy atom. The van der Waals surface area contributed by atoms with E-state index in [1.807, 2.05) is 57.3 Å². The van der Waals surface area contributed by atoms with Crippen LogP contribution in [-0.2, 0) is 11.3 Å². The van der Waals surface area contributed by atoms with Gasteiger partial charge in [0.1, 0.15) is 4.91 Å². The van der Waals surface area contributed by atoms with Gasteiger partial charge in [0.15, 0.2) is 5.17 Å². The van der Waals surface area contributed by atoms with Crippen LogP contribution in [0.15, 0.2) is 86.6 Å². The van der Waals surface area contributed by atoms with Crippen molar-refractivity contribution in [3.05, 3.63) is 93.4 Å². The zero-order chi connectivity index (χ0) is 25.2. The van der Waals surface area contributed by atoms with Crippen LogP contribution >= 0.6 is 23.5 Å². The number of rotatable bonds is 5. The summed E-state index contributed by atoms with van der Waals surface area (Å²) in [4.78, 5) is 24.4. The predicted octanol–water partition coefficient (Wildman–Crippen LogP) is 6.47. The minimum absolute atomic E-state index is 0.0659. The van der Waals surface area contributed by atoms with Gasteiger partial charge in [-0.2, -0.15) is 5.26 Å². The van der Waals surface area contributed by atoms with E-state index in [1.165, 1.54) is 11.8 Å². The molecule has 2 aliphatic rings. The fraction of sp³-hybridized carbons (Fsp3) is 0.179. The van der Waals surface area contributed by atoms with E-state index in [2.05, 4.69) is 34.5 Å². The van der Waals surface area contributed by atoms with Crippen molar-refractivity contribution < 1.29 is 4.79 Å². The van der Waals surface area contributed by atoms with Gasteiger partial charge in [-0.3, -0.25) is 9.69 Å². The van der Waals surface area contributed by atoms with E-state index in [0.29, 0.717) is 27.9 Å². The van der Waals surface area contributed by atoms with Gasteiger partial charge in [-0.25, -0.2) is 4.99 Å². The number of benzene rings is 3. The number of fused-ring (bicyclic) bond motifs is 1. The molecule has 2 heterocycles. The highest BCUT2D eigenvalue weighted by Crippen LogP contribution is 2.50. The van der Waals surface area contributed by atoms with Crippen LogP contribution in [0.5, 0.6) is 0 Å². The van der Waals surface area contributed by atoms with E-state index in [1.54, 1.807) is 28.8 Å². The van der Waals surface area contributed by atoms with E-state index >= 15 is 0 Å². The molecule has 1 N–H and O–H groups in total. The standard InChI is InChI=1S/C28H25N5OS2/c1-4-30-21-13-12-19(16-29)15-22(21)31-28-33(17-20-9-7-8-18(2)14-20)26(34)25(36-28)27-32(3)23-10-5-6-11-24(23)35-27/h5-15,30H,4,17H2,1-3H3/b27-25-,31-28?. The summed E-state index contributed by atoms with van der Waals surface area (Å²) in [6.45, 7) is 5.20. The van der Waals surface area contributed by atoms with E-state index in [9.17, 15) is 10.1 Å². The third-order valence-electron chi connectivity index (χ3n) is 5.93. The van der Waals surface area contributed by atoms with E-state index in [0.717, 1.165) is 39.0 Å². The maximum atomic E-state index is 13.9. The van der Waals surface area contributed by atoms with Crippen LogP contribution in [0, 0.1) is 18.3 Å². The SMILES string of the molecule is CCNc1ccc(C#N)cc1N=C1S/C(=C2\Sc3ccccc3N2C)C(=O)N1Cc1cccc(C)c1. The van der Waals surface area contributed by atoms with Crippen molar-refractivity contribution in [2.45, 2.75) is 25.3 Å². The highest BCUT2D eigenvalue weighted by atomic mass is 32.2. The minimum Gasteiger partial charge on any atom is -0.384 e. The Kier molecular flexibility index (Phi) is 6.77. The topological polar surface area (TPSA) is 71.7 Å². The maximum Gasteiger partial charge on any atom is 0.269 e. The Morgan fingerprint density at radius 2 is 1.89 bits per heavy atom. The van der Waals surface area contributed by atoms with Crippen LogP contribution < -0.4 is 10.2 Å². The second-order valence-electron chi connectivity index (χ2n) is 8.51. The van der Waals surface area contributed by atoms with Crippen LogP contribution in [0.2, 0.25) is 0 Å². The first-order valence-corrected chi connectivity index (χ1v) is 13.3. The van der Waals surface area contributed by atoms with Gasteiger partial charge in [-0.05, 0) is 61.5 Å². The van der Waals surface area contributed by atoms with Crippen molar-refractivity contribution >= 4 is 51.7 Å². The summed E-state index contributed by atoms with van der Waals surface area (Å²) < 4.78 is 0. The van der Waals surface area contributed by atoms with Crippen molar-refractivity contribution in [1.29, 1.82) is 5.26 Å². The number of nitrogens with zero attached hydrogens (tertiary/aromatic N) is 4. The molecule has 0 atom stereocenters. The Balaban J connectivity index is 1.60. The van der Waals surface area contributed by atoms with Crippen LogP contribution in [0.25, 0.3) is 0 Å². The normalized spacial score (nSPS) is 18.1. The number of amides is 1. The summed E-state index contributed by atoms with van der Waals surface area (Å²) in [5, 5.41) is 14.3. The number of thioether (sulfide) groups is 2. The summed E-state index contributed by atoms with van der Waals surface area (Å²) in [5.74, 6) is -0.0659. The molecule has 0 radical (unpaired) electrons. The maximum absolute atomic E-state index is 13.9.